The second kappa shape index (κ2) is 7.96. The number of rotatable bonds is 6. The number of H-pyrrole nitrogens is 1. The van der Waals surface area contributed by atoms with E-state index in [1.165, 1.54) is 0 Å². The predicted molar refractivity (Wildman–Crippen MR) is 109 cm³/mol. The van der Waals surface area contributed by atoms with E-state index in [9.17, 15) is 4.79 Å². The van der Waals surface area contributed by atoms with Gasteiger partial charge in [-0.2, -0.15) is 10.2 Å². The Morgan fingerprint density at radius 1 is 1.21 bits per heavy atom. The van der Waals surface area contributed by atoms with Crippen LogP contribution in [0.4, 0.5) is 0 Å². The molecule has 4 rings (SSSR count). The normalized spacial score (nSPS) is 13.4. The highest BCUT2D eigenvalue weighted by atomic mass is 16.7. The first-order valence-electron chi connectivity index (χ1n) is 9.01. The Balaban J connectivity index is 1.34. The van der Waals surface area contributed by atoms with Gasteiger partial charge in [-0.15, -0.1) is 0 Å². The first-order valence-corrected chi connectivity index (χ1v) is 9.01. The molecule has 0 fully saturated rings. The van der Waals surface area contributed by atoms with Crippen LogP contribution >= 0.6 is 0 Å². The van der Waals surface area contributed by atoms with Crippen molar-refractivity contribution in [1.29, 1.82) is 0 Å². The largest absolute Gasteiger partial charge is 0.454 e. The van der Waals surface area contributed by atoms with Crippen molar-refractivity contribution in [3.63, 3.8) is 0 Å². The quantitative estimate of drug-likeness (QED) is 0.392. The molecule has 1 aromatic heterocycles. The fraction of sp³-hybridized carbons (Fsp3) is 0.190. The van der Waals surface area contributed by atoms with Crippen LogP contribution in [0.15, 0.2) is 57.9 Å². The lowest BCUT2D eigenvalue weighted by molar-refractivity contribution is 0.174. The standard InChI is InChI=1S/C21H20N4O3/c1-14(10-15-6-7-19-20(11-15)28-13-27-19)12-23-22-9-8-18-16-4-2-3-5-17(16)21(26)25-24-18/h2-7,10-12,22H,8-9,13H2,1H3,(H,25,26)/b14-10+,23-12+. The summed E-state index contributed by atoms with van der Waals surface area (Å²) in [6.07, 6.45) is 4.44. The Morgan fingerprint density at radius 3 is 2.93 bits per heavy atom. The highest BCUT2D eigenvalue weighted by Gasteiger charge is 2.12. The first-order chi connectivity index (χ1) is 13.7. The average molecular weight is 376 g/mol. The molecule has 0 amide bonds. The van der Waals surface area contributed by atoms with Crippen molar-refractivity contribution in [2.24, 2.45) is 5.10 Å². The molecule has 28 heavy (non-hydrogen) atoms. The van der Waals surface area contributed by atoms with Gasteiger partial charge >= 0.3 is 0 Å². The maximum Gasteiger partial charge on any atom is 0.272 e. The number of allylic oxidation sites excluding steroid dienone is 1. The third-order valence-electron chi connectivity index (χ3n) is 4.40. The minimum atomic E-state index is -0.172. The van der Waals surface area contributed by atoms with E-state index in [0.29, 0.717) is 18.4 Å². The fourth-order valence-corrected chi connectivity index (χ4v) is 3.05. The van der Waals surface area contributed by atoms with E-state index in [1.54, 1.807) is 12.3 Å². The minimum absolute atomic E-state index is 0.172. The van der Waals surface area contributed by atoms with Gasteiger partial charge in [0.1, 0.15) is 0 Å². The predicted octanol–water partition coefficient (Wildman–Crippen LogP) is 2.87. The molecule has 2 N–H and O–H groups in total. The Kier molecular flexibility index (Phi) is 5.05. The molecular formula is C21H20N4O3. The zero-order valence-corrected chi connectivity index (χ0v) is 15.4. The smallest absolute Gasteiger partial charge is 0.272 e. The molecule has 1 aliphatic heterocycles. The SMILES string of the molecule is CC(/C=N/NCCc1n[nH]c(=O)c2ccccc12)=C\c1ccc2c(c1)OCO2. The summed E-state index contributed by atoms with van der Waals surface area (Å²) in [6.45, 7) is 2.86. The van der Waals surface area contributed by atoms with Gasteiger partial charge in [-0.05, 0) is 36.3 Å². The highest BCUT2D eigenvalue weighted by molar-refractivity contribution is 5.85. The van der Waals surface area contributed by atoms with Crippen LogP contribution in [-0.4, -0.2) is 29.7 Å². The van der Waals surface area contributed by atoms with Crippen LogP contribution in [0.3, 0.4) is 0 Å². The topological polar surface area (TPSA) is 88.6 Å². The number of hydrogen-bond donors (Lipinski definition) is 2. The van der Waals surface area contributed by atoms with Gasteiger partial charge in [0.25, 0.3) is 5.56 Å². The summed E-state index contributed by atoms with van der Waals surface area (Å²) in [5.74, 6) is 1.53. The van der Waals surface area contributed by atoms with E-state index >= 15 is 0 Å². The number of hydrogen-bond acceptors (Lipinski definition) is 6. The van der Waals surface area contributed by atoms with Gasteiger partial charge in [-0.1, -0.05) is 30.3 Å². The molecule has 3 aromatic rings. The molecular weight excluding hydrogens is 356 g/mol. The van der Waals surface area contributed by atoms with Crippen molar-refractivity contribution in [3.8, 4) is 11.5 Å². The molecule has 2 aromatic carbocycles. The van der Waals surface area contributed by atoms with E-state index in [1.807, 2.05) is 49.4 Å². The van der Waals surface area contributed by atoms with E-state index in [-0.39, 0.29) is 12.4 Å². The number of nitrogens with zero attached hydrogens (tertiary/aromatic N) is 2. The first kappa shape index (κ1) is 17.8. The molecule has 142 valence electrons. The van der Waals surface area contributed by atoms with Crippen molar-refractivity contribution >= 4 is 23.1 Å². The lowest BCUT2D eigenvalue weighted by Gasteiger charge is -2.04. The number of nitrogens with one attached hydrogen (secondary N) is 2. The van der Waals surface area contributed by atoms with Crippen molar-refractivity contribution < 1.29 is 9.47 Å². The Morgan fingerprint density at radius 2 is 2.04 bits per heavy atom. The van der Waals surface area contributed by atoms with Crippen LogP contribution in [0.5, 0.6) is 11.5 Å². The molecule has 0 spiro atoms. The van der Waals surface area contributed by atoms with Crippen molar-refractivity contribution in [2.75, 3.05) is 13.3 Å². The highest BCUT2D eigenvalue weighted by Crippen LogP contribution is 2.32. The second-order valence-corrected chi connectivity index (χ2v) is 6.46. The van der Waals surface area contributed by atoms with Gasteiger partial charge in [-0.25, -0.2) is 5.10 Å². The van der Waals surface area contributed by atoms with Crippen molar-refractivity contribution in [3.05, 3.63) is 69.6 Å². The van der Waals surface area contributed by atoms with Gasteiger partial charge in [0.2, 0.25) is 6.79 Å². The average Bonchev–Trinajstić information content (AvgIpc) is 3.17. The number of benzene rings is 2. The van der Waals surface area contributed by atoms with Gasteiger partial charge in [0.15, 0.2) is 11.5 Å². The second-order valence-electron chi connectivity index (χ2n) is 6.46. The molecule has 0 saturated carbocycles. The summed E-state index contributed by atoms with van der Waals surface area (Å²) >= 11 is 0. The molecule has 7 heteroatoms. The Bertz CT molecular complexity index is 1120. The van der Waals surface area contributed by atoms with Crippen LogP contribution in [-0.2, 0) is 6.42 Å². The Hall–Kier alpha value is -3.61. The molecule has 0 unspecified atom stereocenters. The fourth-order valence-electron chi connectivity index (χ4n) is 3.05. The van der Waals surface area contributed by atoms with Crippen LogP contribution in [0, 0.1) is 0 Å². The number of aromatic amines is 1. The molecule has 7 nitrogen and oxygen atoms in total. The van der Waals surface area contributed by atoms with E-state index in [4.69, 9.17) is 9.47 Å². The van der Waals surface area contributed by atoms with E-state index in [2.05, 4.69) is 20.7 Å². The molecule has 0 atom stereocenters. The van der Waals surface area contributed by atoms with Crippen LogP contribution in [0.1, 0.15) is 18.2 Å². The summed E-state index contributed by atoms with van der Waals surface area (Å²) in [5.41, 5.74) is 5.71. The van der Waals surface area contributed by atoms with Gasteiger partial charge in [0.05, 0.1) is 11.1 Å². The zero-order chi connectivity index (χ0) is 19.3. The zero-order valence-electron chi connectivity index (χ0n) is 15.4. The summed E-state index contributed by atoms with van der Waals surface area (Å²) in [7, 11) is 0. The summed E-state index contributed by atoms with van der Waals surface area (Å²) in [6, 6.07) is 13.3. The number of aromatic nitrogens is 2. The molecule has 0 aliphatic carbocycles. The number of ether oxygens (including phenoxy) is 2. The monoisotopic (exact) mass is 376 g/mol. The van der Waals surface area contributed by atoms with Crippen molar-refractivity contribution in [2.45, 2.75) is 13.3 Å². The molecule has 1 aliphatic rings. The van der Waals surface area contributed by atoms with E-state index in [0.717, 1.165) is 33.7 Å². The maximum absolute atomic E-state index is 11.8. The summed E-state index contributed by atoms with van der Waals surface area (Å²) < 4.78 is 10.7. The molecule has 0 radical (unpaired) electrons. The van der Waals surface area contributed by atoms with Crippen LogP contribution < -0.4 is 20.5 Å². The maximum atomic E-state index is 11.8. The molecule has 0 bridgehead atoms. The third-order valence-corrected chi connectivity index (χ3v) is 4.40. The van der Waals surface area contributed by atoms with Gasteiger partial charge in [0, 0.05) is 24.6 Å². The lowest BCUT2D eigenvalue weighted by atomic mass is 10.1. The number of fused-ring (bicyclic) bond motifs is 2. The van der Waals surface area contributed by atoms with Gasteiger partial charge in [-0.3, -0.25) is 4.79 Å². The minimum Gasteiger partial charge on any atom is -0.454 e. The van der Waals surface area contributed by atoms with Crippen LogP contribution in [0.2, 0.25) is 0 Å². The third kappa shape index (κ3) is 3.88. The lowest BCUT2D eigenvalue weighted by Crippen LogP contribution is -2.15. The van der Waals surface area contributed by atoms with Gasteiger partial charge < -0.3 is 14.9 Å². The van der Waals surface area contributed by atoms with Crippen molar-refractivity contribution in [1.82, 2.24) is 15.6 Å². The number of hydrazone groups is 1. The van der Waals surface area contributed by atoms with E-state index < -0.39 is 0 Å². The summed E-state index contributed by atoms with van der Waals surface area (Å²) in [4.78, 5) is 11.8. The molecule has 0 saturated heterocycles. The van der Waals surface area contributed by atoms with Crippen LogP contribution in [0.25, 0.3) is 16.8 Å². The summed E-state index contributed by atoms with van der Waals surface area (Å²) in [5, 5.41) is 12.5. The molecule has 2 heterocycles. The Labute approximate surface area is 161 Å².